The van der Waals surface area contributed by atoms with Crippen molar-refractivity contribution in [1.29, 1.82) is 0 Å². The lowest BCUT2D eigenvalue weighted by atomic mass is 9.93. The van der Waals surface area contributed by atoms with E-state index in [2.05, 4.69) is 4.98 Å². The maximum Gasteiger partial charge on any atom is 0.449 e. The maximum atomic E-state index is 13.7. The smallest absolute Gasteiger partial charge is 0.342 e. The van der Waals surface area contributed by atoms with E-state index in [1.165, 1.54) is 18.2 Å². The van der Waals surface area contributed by atoms with Crippen molar-refractivity contribution in [3.63, 3.8) is 0 Å². The molecule has 160 valence electrons. The fourth-order valence-electron chi connectivity index (χ4n) is 3.68. The fourth-order valence-corrected chi connectivity index (χ4v) is 4.32. The third-order valence-corrected chi connectivity index (χ3v) is 6.21. The van der Waals surface area contributed by atoms with Crippen molar-refractivity contribution in [3.05, 3.63) is 24.0 Å². The summed E-state index contributed by atoms with van der Waals surface area (Å²) in [6.45, 7) is 6.15. The number of piperidine rings is 1. The van der Waals surface area contributed by atoms with Crippen molar-refractivity contribution in [1.82, 2.24) is 14.5 Å². The average molecular weight is 431 g/mol. The van der Waals surface area contributed by atoms with Gasteiger partial charge in [0, 0.05) is 30.8 Å². The van der Waals surface area contributed by atoms with Crippen LogP contribution in [0.2, 0.25) is 0 Å². The summed E-state index contributed by atoms with van der Waals surface area (Å²) in [7, 11) is -3.56. The largest absolute Gasteiger partial charge is 0.449 e. The molecule has 0 aliphatic carbocycles. The molecule has 3 rings (SSSR count). The van der Waals surface area contributed by atoms with Crippen LogP contribution in [0, 0.1) is 5.41 Å². The monoisotopic (exact) mass is 431 g/mol. The van der Waals surface area contributed by atoms with Gasteiger partial charge in [-0.2, -0.15) is 13.2 Å². The summed E-state index contributed by atoms with van der Waals surface area (Å²) in [6, 6.07) is 3.37. The number of sulfone groups is 1. The predicted octanol–water partition coefficient (Wildman–Crippen LogP) is 3.67. The lowest BCUT2D eigenvalue weighted by molar-refractivity contribution is -0.149. The number of alkyl halides is 3. The Hall–Kier alpha value is -2.10. The summed E-state index contributed by atoms with van der Waals surface area (Å²) in [6.07, 6.45) is -2.95. The standard InChI is InChI=1S/C19H24F3N3O3S/c1-18(2,3)17(26)24-9-7-12(8-10-24)25-15-6-5-13(29(4,27)28)11-14(15)23-16(25)19(20,21)22/h5-6,11-12H,7-10H2,1-4H3. The number of benzene rings is 1. The zero-order valence-electron chi connectivity index (χ0n) is 16.7. The first-order chi connectivity index (χ1) is 13.2. The highest BCUT2D eigenvalue weighted by Crippen LogP contribution is 2.37. The molecule has 10 heteroatoms. The van der Waals surface area contributed by atoms with Crippen molar-refractivity contribution in [2.45, 2.75) is 50.7 Å². The topological polar surface area (TPSA) is 72.3 Å². The van der Waals surface area contributed by atoms with E-state index in [-0.39, 0.29) is 21.8 Å². The number of amides is 1. The summed E-state index contributed by atoms with van der Waals surface area (Å²) < 4.78 is 65.7. The zero-order valence-corrected chi connectivity index (χ0v) is 17.6. The molecule has 0 bridgehead atoms. The summed E-state index contributed by atoms with van der Waals surface area (Å²) in [5.74, 6) is -1.07. The molecule has 0 radical (unpaired) electrons. The lowest BCUT2D eigenvalue weighted by Crippen LogP contribution is -2.44. The molecule has 1 fully saturated rings. The molecule has 0 N–H and O–H groups in total. The Labute approximate surface area is 167 Å². The van der Waals surface area contributed by atoms with E-state index >= 15 is 0 Å². The summed E-state index contributed by atoms with van der Waals surface area (Å²) in [4.78, 5) is 17.8. The predicted molar refractivity (Wildman–Crippen MR) is 102 cm³/mol. The molecule has 29 heavy (non-hydrogen) atoms. The first kappa shape index (κ1) is 21.6. The van der Waals surface area contributed by atoms with Crippen molar-refractivity contribution in [2.24, 2.45) is 5.41 Å². The van der Waals surface area contributed by atoms with Crippen LogP contribution in [-0.2, 0) is 20.8 Å². The highest BCUT2D eigenvalue weighted by molar-refractivity contribution is 7.90. The van der Waals surface area contributed by atoms with Crippen molar-refractivity contribution in [2.75, 3.05) is 19.3 Å². The first-order valence-corrected chi connectivity index (χ1v) is 11.2. The summed E-state index contributed by atoms with van der Waals surface area (Å²) >= 11 is 0. The van der Waals surface area contributed by atoms with Crippen LogP contribution in [0.3, 0.4) is 0 Å². The Morgan fingerprint density at radius 1 is 1.14 bits per heavy atom. The molecule has 1 amide bonds. The van der Waals surface area contributed by atoms with Gasteiger partial charge in [0.15, 0.2) is 9.84 Å². The molecule has 0 saturated carbocycles. The molecular weight excluding hydrogens is 407 g/mol. The van der Waals surface area contributed by atoms with Crippen molar-refractivity contribution >= 4 is 26.8 Å². The molecular formula is C19H24F3N3O3S. The molecule has 2 aromatic rings. The molecule has 0 atom stereocenters. The van der Waals surface area contributed by atoms with Crippen LogP contribution < -0.4 is 0 Å². The number of nitrogens with zero attached hydrogens (tertiary/aromatic N) is 3. The van der Waals surface area contributed by atoms with E-state index in [9.17, 15) is 26.4 Å². The number of halogens is 3. The maximum absolute atomic E-state index is 13.7. The highest BCUT2D eigenvalue weighted by atomic mass is 32.2. The Balaban J connectivity index is 2.00. The minimum atomic E-state index is -4.68. The molecule has 6 nitrogen and oxygen atoms in total. The lowest BCUT2D eigenvalue weighted by Gasteiger charge is -2.36. The van der Waals surface area contributed by atoms with E-state index in [0.29, 0.717) is 25.9 Å². The zero-order chi connectivity index (χ0) is 21.8. The number of carbonyl (C=O) groups excluding carboxylic acids is 1. The molecule has 1 aromatic carbocycles. The number of likely N-dealkylation sites (tertiary alicyclic amines) is 1. The third kappa shape index (κ3) is 4.26. The molecule has 1 saturated heterocycles. The van der Waals surface area contributed by atoms with Gasteiger partial charge >= 0.3 is 6.18 Å². The second-order valence-corrected chi connectivity index (χ2v) is 10.5. The number of hydrogen-bond donors (Lipinski definition) is 0. The van der Waals surface area contributed by atoms with Gasteiger partial charge in [-0.05, 0) is 31.0 Å². The summed E-state index contributed by atoms with van der Waals surface area (Å²) in [5.41, 5.74) is -0.313. The van der Waals surface area contributed by atoms with Crippen LogP contribution >= 0.6 is 0 Å². The van der Waals surface area contributed by atoms with Crippen LogP contribution in [0.25, 0.3) is 11.0 Å². The fraction of sp³-hybridized carbons (Fsp3) is 0.579. The Bertz CT molecular complexity index is 1040. The van der Waals surface area contributed by atoms with Gasteiger partial charge in [0.2, 0.25) is 11.7 Å². The van der Waals surface area contributed by atoms with Gasteiger partial charge in [0.25, 0.3) is 0 Å². The molecule has 1 aliphatic rings. The number of rotatable bonds is 2. The Morgan fingerprint density at radius 2 is 1.72 bits per heavy atom. The number of carbonyl (C=O) groups is 1. The minimum absolute atomic E-state index is 0.00607. The van der Waals surface area contributed by atoms with Gasteiger partial charge in [-0.15, -0.1) is 0 Å². The molecule has 2 heterocycles. The molecule has 0 spiro atoms. The van der Waals surface area contributed by atoms with E-state index in [0.717, 1.165) is 10.8 Å². The average Bonchev–Trinajstić information content (AvgIpc) is 2.99. The van der Waals surface area contributed by atoms with Gasteiger partial charge in [-0.1, -0.05) is 20.8 Å². The van der Waals surface area contributed by atoms with E-state index < -0.39 is 33.3 Å². The molecule has 0 unspecified atom stereocenters. The van der Waals surface area contributed by atoms with Gasteiger partial charge in [0.1, 0.15) is 0 Å². The summed E-state index contributed by atoms with van der Waals surface area (Å²) in [5, 5.41) is 0. The van der Waals surface area contributed by atoms with Gasteiger partial charge in [-0.3, -0.25) is 4.79 Å². The van der Waals surface area contributed by atoms with Crippen molar-refractivity contribution in [3.8, 4) is 0 Å². The van der Waals surface area contributed by atoms with Crippen LogP contribution in [0.1, 0.15) is 45.5 Å². The quantitative estimate of drug-likeness (QED) is 0.727. The SMILES string of the molecule is CC(C)(C)C(=O)N1CCC(n2c(C(F)(F)F)nc3cc(S(C)(=O)=O)ccc32)CC1. The number of fused-ring (bicyclic) bond motifs is 1. The molecule has 1 aliphatic heterocycles. The number of hydrogen-bond acceptors (Lipinski definition) is 4. The number of imidazole rings is 1. The Kier molecular flexibility index (Phi) is 5.21. The normalized spacial score (nSPS) is 17.1. The van der Waals surface area contributed by atoms with Crippen molar-refractivity contribution < 1.29 is 26.4 Å². The van der Waals surface area contributed by atoms with Gasteiger partial charge in [0.05, 0.1) is 15.9 Å². The van der Waals surface area contributed by atoms with E-state index in [1.54, 1.807) is 4.90 Å². The third-order valence-electron chi connectivity index (χ3n) is 5.10. The van der Waals surface area contributed by atoms with E-state index in [4.69, 9.17) is 0 Å². The Morgan fingerprint density at radius 3 is 2.21 bits per heavy atom. The first-order valence-electron chi connectivity index (χ1n) is 9.28. The van der Waals surface area contributed by atoms with Gasteiger partial charge < -0.3 is 9.47 Å². The highest BCUT2D eigenvalue weighted by Gasteiger charge is 2.40. The second-order valence-electron chi connectivity index (χ2n) is 8.50. The molecule has 1 aromatic heterocycles. The van der Waals surface area contributed by atoms with Crippen LogP contribution in [0.4, 0.5) is 13.2 Å². The minimum Gasteiger partial charge on any atom is -0.342 e. The second kappa shape index (κ2) is 7.00. The van der Waals surface area contributed by atoms with Crippen LogP contribution in [-0.4, -0.2) is 48.1 Å². The van der Waals surface area contributed by atoms with E-state index in [1.807, 2.05) is 20.8 Å². The van der Waals surface area contributed by atoms with Crippen LogP contribution in [0.5, 0.6) is 0 Å². The van der Waals surface area contributed by atoms with Crippen LogP contribution in [0.15, 0.2) is 23.1 Å². The van der Waals surface area contributed by atoms with Gasteiger partial charge in [-0.25, -0.2) is 13.4 Å². The number of aromatic nitrogens is 2.